The van der Waals surface area contributed by atoms with E-state index in [4.69, 9.17) is 42.1 Å². The second-order valence-corrected chi connectivity index (χ2v) is 10.9. The molecular formula is C32H24Cl2N4O7. The van der Waals surface area contributed by atoms with E-state index >= 15 is 0 Å². The number of fused-ring (bicyclic) bond motifs is 1. The third-order valence-corrected chi connectivity index (χ3v) is 7.69. The van der Waals surface area contributed by atoms with Gasteiger partial charge in [0.1, 0.15) is 18.2 Å². The molecule has 13 heteroatoms. The van der Waals surface area contributed by atoms with E-state index in [0.29, 0.717) is 5.56 Å². The minimum atomic E-state index is -1.74. The Balaban J connectivity index is 1.43. The summed E-state index contributed by atoms with van der Waals surface area (Å²) in [6, 6.07) is 24.9. The Hall–Kier alpha value is -4.84. The number of esters is 3. The summed E-state index contributed by atoms with van der Waals surface area (Å²) in [5, 5.41) is -0.166. The van der Waals surface area contributed by atoms with Crippen LogP contribution in [0.15, 0.2) is 97.3 Å². The number of carbonyl (C=O) groups excluding carboxylic acids is 3. The molecule has 11 nitrogen and oxygen atoms in total. The van der Waals surface area contributed by atoms with Gasteiger partial charge in [-0.3, -0.25) is 4.57 Å². The lowest BCUT2D eigenvalue weighted by Crippen LogP contribution is -2.50. The molecule has 6 rings (SSSR count). The topological polar surface area (TPSA) is 132 Å². The van der Waals surface area contributed by atoms with Gasteiger partial charge in [-0.1, -0.05) is 66.2 Å². The van der Waals surface area contributed by atoms with Gasteiger partial charge in [-0.2, -0.15) is 4.98 Å². The number of carbonyl (C=O) groups is 3. The number of halogens is 2. The zero-order chi connectivity index (χ0) is 31.6. The van der Waals surface area contributed by atoms with E-state index in [-0.39, 0.29) is 39.3 Å². The molecule has 4 unspecified atom stereocenters. The van der Waals surface area contributed by atoms with Crippen LogP contribution in [0, 0.1) is 0 Å². The fraction of sp³-hybridized carbons (Fsp3) is 0.188. The van der Waals surface area contributed by atoms with Gasteiger partial charge >= 0.3 is 17.9 Å². The molecule has 2 aromatic heterocycles. The number of nitrogens with zero attached hydrogens (tertiary/aromatic N) is 4. The van der Waals surface area contributed by atoms with Gasteiger partial charge in [-0.25, -0.2) is 24.4 Å². The molecule has 0 saturated carbocycles. The Labute approximate surface area is 266 Å². The Bertz CT molecular complexity index is 1860. The highest BCUT2D eigenvalue weighted by Gasteiger charge is 2.60. The van der Waals surface area contributed by atoms with Crippen molar-refractivity contribution in [1.82, 2.24) is 19.5 Å². The lowest BCUT2D eigenvalue weighted by atomic mass is 9.95. The van der Waals surface area contributed by atoms with Crippen LogP contribution in [-0.2, 0) is 18.9 Å². The van der Waals surface area contributed by atoms with E-state index in [2.05, 4.69) is 15.0 Å². The first-order valence-electron chi connectivity index (χ1n) is 13.7. The molecule has 1 fully saturated rings. The van der Waals surface area contributed by atoms with Gasteiger partial charge in [0.25, 0.3) is 0 Å². The molecule has 45 heavy (non-hydrogen) atoms. The summed E-state index contributed by atoms with van der Waals surface area (Å²) in [6.07, 6.45) is -2.26. The van der Waals surface area contributed by atoms with E-state index in [1.165, 1.54) is 10.9 Å². The second-order valence-electron chi connectivity index (χ2n) is 10.2. The molecule has 228 valence electrons. The summed E-state index contributed by atoms with van der Waals surface area (Å²) in [7, 11) is 0. The van der Waals surface area contributed by atoms with E-state index in [1.54, 1.807) is 97.9 Å². The Kier molecular flexibility index (Phi) is 8.48. The smallest absolute Gasteiger partial charge is 0.338 e. The van der Waals surface area contributed by atoms with Gasteiger partial charge in [0.05, 0.1) is 23.0 Å². The maximum Gasteiger partial charge on any atom is 0.338 e. The van der Waals surface area contributed by atoms with Crippen molar-refractivity contribution in [2.75, 3.05) is 6.61 Å². The van der Waals surface area contributed by atoms with Gasteiger partial charge in [0, 0.05) is 0 Å². The largest absolute Gasteiger partial charge is 0.459 e. The van der Waals surface area contributed by atoms with Crippen molar-refractivity contribution >= 4 is 52.3 Å². The van der Waals surface area contributed by atoms with Crippen molar-refractivity contribution in [3.8, 4) is 0 Å². The van der Waals surface area contributed by atoms with Crippen LogP contribution in [0.1, 0.15) is 44.2 Å². The Morgan fingerprint density at radius 2 is 1.38 bits per heavy atom. The first-order chi connectivity index (χ1) is 21.7. The second kappa shape index (κ2) is 12.6. The molecule has 0 spiro atoms. The van der Waals surface area contributed by atoms with Crippen molar-refractivity contribution in [3.63, 3.8) is 0 Å². The van der Waals surface area contributed by atoms with Gasteiger partial charge < -0.3 is 18.9 Å². The quantitative estimate of drug-likeness (QED) is 0.0891. The third kappa shape index (κ3) is 6.10. The summed E-state index contributed by atoms with van der Waals surface area (Å²) in [4.78, 5) is 52.4. The van der Waals surface area contributed by atoms with Crippen LogP contribution in [0.5, 0.6) is 0 Å². The lowest BCUT2D eigenvalue weighted by molar-refractivity contribution is -0.108. The lowest BCUT2D eigenvalue weighted by Gasteiger charge is -2.34. The van der Waals surface area contributed by atoms with Crippen molar-refractivity contribution in [2.24, 2.45) is 0 Å². The van der Waals surface area contributed by atoms with E-state index in [9.17, 15) is 14.4 Å². The van der Waals surface area contributed by atoms with Crippen molar-refractivity contribution < 1.29 is 33.3 Å². The predicted octanol–water partition coefficient (Wildman–Crippen LogP) is 5.73. The van der Waals surface area contributed by atoms with Crippen molar-refractivity contribution in [3.05, 3.63) is 124 Å². The number of hydrogen-bond donors (Lipinski definition) is 0. The molecule has 4 atom stereocenters. The summed E-state index contributed by atoms with van der Waals surface area (Å²) in [5.74, 6) is -2.06. The predicted molar refractivity (Wildman–Crippen MR) is 162 cm³/mol. The van der Waals surface area contributed by atoms with Gasteiger partial charge in [-0.05, 0) is 54.9 Å². The van der Waals surface area contributed by atoms with Crippen LogP contribution >= 0.6 is 23.2 Å². The minimum absolute atomic E-state index is 0.00914. The molecule has 5 aromatic rings. The monoisotopic (exact) mass is 646 g/mol. The summed E-state index contributed by atoms with van der Waals surface area (Å²) in [6.45, 7) is 1.19. The highest BCUT2D eigenvalue weighted by Crippen LogP contribution is 2.45. The average molecular weight is 647 g/mol. The molecular weight excluding hydrogens is 623 g/mol. The maximum absolute atomic E-state index is 13.6. The Morgan fingerprint density at radius 3 is 1.98 bits per heavy atom. The zero-order valence-electron chi connectivity index (χ0n) is 23.6. The molecule has 1 saturated heterocycles. The van der Waals surface area contributed by atoms with Gasteiger partial charge in [0.2, 0.25) is 5.28 Å². The SMILES string of the molecule is CC1(OC(=O)c2ccccc2)C(OC(=O)c2ccccc2)C(COC(=O)c2ccccc2)OC1n1cnc2c(Cl)nc(Cl)nc21. The molecule has 0 N–H and O–H groups in total. The van der Waals surface area contributed by atoms with E-state index < -0.39 is 41.9 Å². The normalized spacial score (nSPS) is 20.9. The van der Waals surface area contributed by atoms with Crippen LogP contribution in [0.2, 0.25) is 10.4 Å². The maximum atomic E-state index is 13.6. The standard InChI is InChI=1S/C32H24Cl2N4O7/c1-32(45-29(41)21-15-9-4-10-16-21)24(44-28(40)20-13-7-3-8-14-20)22(17-42-27(39)19-11-5-2-6-12-19)43-30(32)38-18-35-23-25(33)36-31(34)37-26(23)38/h2-16,18,22,24,30H,17H2,1H3. The summed E-state index contributed by atoms with van der Waals surface area (Å²) >= 11 is 12.4. The van der Waals surface area contributed by atoms with Crippen LogP contribution in [0.4, 0.5) is 0 Å². The number of hydrogen-bond acceptors (Lipinski definition) is 10. The van der Waals surface area contributed by atoms with Gasteiger partial charge in [-0.15, -0.1) is 0 Å². The molecule has 0 aliphatic carbocycles. The minimum Gasteiger partial charge on any atom is -0.459 e. The fourth-order valence-corrected chi connectivity index (χ4v) is 5.51. The van der Waals surface area contributed by atoms with Crippen molar-refractivity contribution in [2.45, 2.75) is 31.0 Å². The summed E-state index contributed by atoms with van der Waals surface area (Å²) < 4.78 is 25.7. The Morgan fingerprint density at radius 1 is 0.822 bits per heavy atom. The zero-order valence-corrected chi connectivity index (χ0v) is 25.1. The number of imidazole rings is 1. The van der Waals surface area contributed by atoms with Crippen LogP contribution in [0.3, 0.4) is 0 Å². The van der Waals surface area contributed by atoms with E-state index in [0.717, 1.165) is 0 Å². The molecule has 3 aromatic carbocycles. The molecule has 1 aliphatic rings. The molecule has 3 heterocycles. The number of aromatic nitrogens is 4. The van der Waals surface area contributed by atoms with Crippen LogP contribution in [-0.4, -0.2) is 61.8 Å². The average Bonchev–Trinajstić information content (AvgIpc) is 3.59. The highest BCUT2D eigenvalue weighted by molar-refractivity contribution is 6.35. The molecule has 0 amide bonds. The molecule has 0 bridgehead atoms. The van der Waals surface area contributed by atoms with Crippen LogP contribution < -0.4 is 0 Å². The van der Waals surface area contributed by atoms with Crippen molar-refractivity contribution in [1.29, 1.82) is 0 Å². The fourth-order valence-electron chi connectivity index (χ4n) is 5.09. The number of benzene rings is 3. The number of ether oxygens (including phenoxy) is 4. The van der Waals surface area contributed by atoms with E-state index in [1.807, 2.05) is 0 Å². The molecule has 0 radical (unpaired) electrons. The third-order valence-electron chi connectivity index (χ3n) is 7.25. The first-order valence-corrected chi connectivity index (χ1v) is 14.5. The highest BCUT2D eigenvalue weighted by atomic mass is 35.5. The first kappa shape index (κ1) is 30.2. The molecule has 1 aliphatic heterocycles. The number of rotatable bonds is 8. The van der Waals surface area contributed by atoms with Crippen LogP contribution in [0.25, 0.3) is 11.2 Å². The van der Waals surface area contributed by atoms with Gasteiger partial charge in [0.15, 0.2) is 28.7 Å². The summed E-state index contributed by atoms with van der Waals surface area (Å²) in [5.41, 5.74) is -0.561.